The summed E-state index contributed by atoms with van der Waals surface area (Å²) in [5.74, 6) is -0.257. The average Bonchev–Trinajstić information content (AvgIpc) is 2.47. The van der Waals surface area contributed by atoms with Gasteiger partial charge in [-0.15, -0.1) is 0 Å². The number of amides is 1. The predicted molar refractivity (Wildman–Crippen MR) is 81.8 cm³/mol. The highest BCUT2D eigenvalue weighted by atomic mass is 19.1. The molecule has 0 spiro atoms. The molecular formula is C16H13FN4O. The summed E-state index contributed by atoms with van der Waals surface area (Å²) in [7, 11) is 0. The molecular weight excluding hydrogens is 283 g/mol. The van der Waals surface area contributed by atoms with Gasteiger partial charge in [0.1, 0.15) is 11.3 Å². The van der Waals surface area contributed by atoms with E-state index in [4.69, 9.17) is 0 Å². The number of hydrogen-bond acceptors (Lipinski definition) is 4. The minimum atomic E-state index is -0.288. The quantitative estimate of drug-likeness (QED) is 0.789. The maximum Gasteiger partial charge on any atom is 0.230 e. The molecule has 1 N–H and O–H groups in total. The highest BCUT2D eigenvalue weighted by Crippen LogP contribution is 2.22. The third kappa shape index (κ3) is 2.76. The van der Waals surface area contributed by atoms with Crippen molar-refractivity contribution in [1.82, 2.24) is 15.0 Å². The lowest BCUT2D eigenvalue weighted by atomic mass is 10.1. The third-order valence-corrected chi connectivity index (χ3v) is 3.14. The van der Waals surface area contributed by atoms with Gasteiger partial charge in [0, 0.05) is 12.5 Å². The monoisotopic (exact) mass is 296 g/mol. The molecule has 1 amide bonds. The molecule has 3 rings (SSSR count). The van der Waals surface area contributed by atoms with Gasteiger partial charge < -0.3 is 0 Å². The van der Waals surface area contributed by atoms with E-state index in [-0.39, 0.29) is 17.7 Å². The van der Waals surface area contributed by atoms with Gasteiger partial charge in [0.05, 0.1) is 16.9 Å². The van der Waals surface area contributed by atoms with Gasteiger partial charge in [-0.3, -0.25) is 10.1 Å². The zero-order valence-corrected chi connectivity index (χ0v) is 12.1. The van der Waals surface area contributed by atoms with Gasteiger partial charge in [-0.1, -0.05) is 0 Å². The number of carbonyl (C=O) groups excluding carboxylic acids is 1. The standard InChI is InChI=1S/C16H13FN4O/c1-9-15-14(21-16(18-9)19-10(2)22)8-7-13(20-15)11-3-5-12(17)6-4-11/h3-8H,1-2H3,(H,18,19,21,22). The first-order chi connectivity index (χ1) is 10.5. The lowest BCUT2D eigenvalue weighted by Gasteiger charge is -2.07. The van der Waals surface area contributed by atoms with Gasteiger partial charge in [-0.2, -0.15) is 0 Å². The Morgan fingerprint density at radius 2 is 1.77 bits per heavy atom. The molecule has 2 heterocycles. The number of nitrogens with one attached hydrogen (secondary N) is 1. The van der Waals surface area contributed by atoms with Crippen LogP contribution in [0.4, 0.5) is 10.3 Å². The first kappa shape index (κ1) is 14.1. The van der Waals surface area contributed by atoms with Crippen molar-refractivity contribution >= 4 is 22.9 Å². The number of anilines is 1. The van der Waals surface area contributed by atoms with Crippen molar-refractivity contribution in [2.24, 2.45) is 0 Å². The van der Waals surface area contributed by atoms with E-state index in [1.54, 1.807) is 31.2 Å². The number of aryl methyl sites for hydroxylation is 1. The fourth-order valence-electron chi connectivity index (χ4n) is 2.15. The molecule has 0 atom stereocenters. The molecule has 2 aromatic heterocycles. The predicted octanol–water partition coefficient (Wildman–Crippen LogP) is 3.10. The van der Waals surface area contributed by atoms with Crippen LogP contribution in [-0.4, -0.2) is 20.9 Å². The van der Waals surface area contributed by atoms with Crippen LogP contribution in [0.15, 0.2) is 36.4 Å². The highest BCUT2D eigenvalue weighted by molar-refractivity contribution is 5.88. The summed E-state index contributed by atoms with van der Waals surface area (Å²) in [6, 6.07) is 9.74. The number of nitrogens with zero attached hydrogens (tertiary/aromatic N) is 3. The normalized spacial score (nSPS) is 10.7. The molecule has 0 saturated heterocycles. The Morgan fingerprint density at radius 3 is 2.45 bits per heavy atom. The Labute approximate surface area is 126 Å². The number of halogens is 1. The number of pyridine rings is 1. The fraction of sp³-hybridized carbons (Fsp3) is 0.125. The minimum absolute atomic E-state index is 0.227. The van der Waals surface area contributed by atoms with Crippen LogP contribution < -0.4 is 5.32 Å². The number of benzene rings is 1. The zero-order chi connectivity index (χ0) is 15.7. The lowest BCUT2D eigenvalue weighted by molar-refractivity contribution is -0.114. The summed E-state index contributed by atoms with van der Waals surface area (Å²) in [6.45, 7) is 3.20. The van der Waals surface area contributed by atoms with Gasteiger partial charge in [0.15, 0.2) is 0 Å². The van der Waals surface area contributed by atoms with Crippen LogP contribution in [0.1, 0.15) is 12.6 Å². The smallest absolute Gasteiger partial charge is 0.230 e. The summed E-state index contributed by atoms with van der Waals surface area (Å²) < 4.78 is 13.0. The van der Waals surface area contributed by atoms with E-state index in [0.29, 0.717) is 22.4 Å². The second-order valence-corrected chi connectivity index (χ2v) is 4.88. The van der Waals surface area contributed by atoms with E-state index in [0.717, 1.165) is 5.56 Å². The molecule has 3 aromatic rings. The van der Waals surface area contributed by atoms with Gasteiger partial charge in [0.25, 0.3) is 0 Å². The molecule has 1 aromatic carbocycles. The van der Waals surface area contributed by atoms with Crippen molar-refractivity contribution in [3.63, 3.8) is 0 Å². The van der Waals surface area contributed by atoms with Gasteiger partial charge in [0.2, 0.25) is 11.9 Å². The van der Waals surface area contributed by atoms with E-state index in [1.165, 1.54) is 19.1 Å². The first-order valence-corrected chi connectivity index (χ1v) is 6.72. The number of hydrogen-bond donors (Lipinski definition) is 1. The second-order valence-electron chi connectivity index (χ2n) is 4.88. The number of fused-ring (bicyclic) bond motifs is 1. The van der Waals surface area contributed by atoms with Crippen molar-refractivity contribution in [3.05, 3.63) is 47.9 Å². The SMILES string of the molecule is CC(=O)Nc1nc(C)c2nc(-c3ccc(F)cc3)ccc2n1. The Kier molecular flexibility index (Phi) is 3.50. The molecule has 6 heteroatoms. The molecule has 5 nitrogen and oxygen atoms in total. The molecule has 0 aliphatic rings. The topological polar surface area (TPSA) is 67.8 Å². The summed E-state index contributed by atoms with van der Waals surface area (Å²) in [6.07, 6.45) is 0. The van der Waals surface area contributed by atoms with E-state index in [2.05, 4.69) is 20.3 Å². The van der Waals surface area contributed by atoms with E-state index < -0.39 is 0 Å². The van der Waals surface area contributed by atoms with E-state index in [9.17, 15) is 9.18 Å². The lowest BCUT2D eigenvalue weighted by Crippen LogP contribution is -2.10. The maximum absolute atomic E-state index is 13.0. The summed E-state index contributed by atoms with van der Waals surface area (Å²) in [5.41, 5.74) is 3.48. The van der Waals surface area contributed by atoms with Crippen LogP contribution >= 0.6 is 0 Å². The van der Waals surface area contributed by atoms with Crippen molar-refractivity contribution in [1.29, 1.82) is 0 Å². The van der Waals surface area contributed by atoms with Crippen LogP contribution in [0.3, 0.4) is 0 Å². The van der Waals surface area contributed by atoms with E-state index in [1.807, 2.05) is 0 Å². The van der Waals surface area contributed by atoms with Crippen molar-refractivity contribution in [2.75, 3.05) is 5.32 Å². The van der Waals surface area contributed by atoms with Crippen LogP contribution in [0, 0.1) is 12.7 Å². The molecule has 0 fully saturated rings. The fourth-order valence-corrected chi connectivity index (χ4v) is 2.15. The maximum atomic E-state index is 13.0. The molecule has 0 saturated carbocycles. The van der Waals surface area contributed by atoms with Crippen LogP contribution in [0.5, 0.6) is 0 Å². The number of carbonyl (C=O) groups is 1. The average molecular weight is 296 g/mol. The largest absolute Gasteiger partial charge is 0.295 e. The molecule has 0 aliphatic carbocycles. The van der Waals surface area contributed by atoms with Crippen molar-refractivity contribution in [3.8, 4) is 11.3 Å². The third-order valence-electron chi connectivity index (χ3n) is 3.14. The van der Waals surface area contributed by atoms with Gasteiger partial charge >= 0.3 is 0 Å². The summed E-state index contributed by atoms with van der Waals surface area (Å²) in [5, 5.41) is 2.56. The van der Waals surface area contributed by atoms with Gasteiger partial charge in [-0.25, -0.2) is 19.3 Å². The molecule has 110 valence electrons. The highest BCUT2D eigenvalue weighted by Gasteiger charge is 2.09. The molecule has 22 heavy (non-hydrogen) atoms. The van der Waals surface area contributed by atoms with Crippen LogP contribution in [0.25, 0.3) is 22.3 Å². The summed E-state index contributed by atoms with van der Waals surface area (Å²) >= 11 is 0. The zero-order valence-electron chi connectivity index (χ0n) is 12.1. The first-order valence-electron chi connectivity index (χ1n) is 6.72. The Balaban J connectivity index is 2.08. The van der Waals surface area contributed by atoms with Crippen molar-refractivity contribution in [2.45, 2.75) is 13.8 Å². The molecule has 0 unspecified atom stereocenters. The van der Waals surface area contributed by atoms with Crippen LogP contribution in [0.2, 0.25) is 0 Å². The van der Waals surface area contributed by atoms with Crippen LogP contribution in [-0.2, 0) is 4.79 Å². The Bertz CT molecular complexity index is 862. The second kappa shape index (κ2) is 5.48. The summed E-state index contributed by atoms with van der Waals surface area (Å²) in [4.78, 5) is 24.1. The van der Waals surface area contributed by atoms with Gasteiger partial charge in [-0.05, 0) is 43.3 Å². The minimum Gasteiger partial charge on any atom is -0.295 e. The number of aromatic nitrogens is 3. The molecule has 0 aliphatic heterocycles. The van der Waals surface area contributed by atoms with Crippen molar-refractivity contribution < 1.29 is 9.18 Å². The Hall–Kier alpha value is -2.89. The Morgan fingerprint density at radius 1 is 1.05 bits per heavy atom. The number of rotatable bonds is 2. The van der Waals surface area contributed by atoms with E-state index >= 15 is 0 Å². The molecule has 0 bridgehead atoms. The molecule has 0 radical (unpaired) electrons.